The zero-order chi connectivity index (χ0) is 11.7. The van der Waals surface area contributed by atoms with Gasteiger partial charge in [-0.05, 0) is 42.7 Å². The largest absolute Gasteiger partial charge is 0.393 e. The molecule has 0 bridgehead atoms. The van der Waals surface area contributed by atoms with Crippen LogP contribution < -0.4 is 0 Å². The minimum Gasteiger partial charge on any atom is -0.393 e. The van der Waals surface area contributed by atoms with Gasteiger partial charge in [0.1, 0.15) is 0 Å². The van der Waals surface area contributed by atoms with Gasteiger partial charge in [-0.2, -0.15) is 0 Å². The highest BCUT2D eigenvalue weighted by molar-refractivity contribution is 7.99. The summed E-state index contributed by atoms with van der Waals surface area (Å²) in [6.45, 7) is 0. The molecule has 3 rings (SSSR count). The summed E-state index contributed by atoms with van der Waals surface area (Å²) in [5.41, 5.74) is 1.52. The number of thioether (sulfide) groups is 1. The molecule has 1 aromatic rings. The molecule has 17 heavy (non-hydrogen) atoms. The van der Waals surface area contributed by atoms with Gasteiger partial charge in [-0.1, -0.05) is 31.0 Å². The van der Waals surface area contributed by atoms with Crippen LogP contribution in [0.25, 0.3) is 0 Å². The number of benzene rings is 1. The summed E-state index contributed by atoms with van der Waals surface area (Å²) in [5, 5.41) is 10.1. The Morgan fingerprint density at radius 2 is 2.00 bits per heavy atom. The van der Waals surface area contributed by atoms with Crippen molar-refractivity contribution in [3.05, 3.63) is 29.8 Å². The molecule has 0 spiro atoms. The zero-order valence-electron chi connectivity index (χ0n) is 10.1. The normalized spacial score (nSPS) is 32.4. The lowest BCUT2D eigenvalue weighted by Gasteiger charge is -2.29. The van der Waals surface area contributed by atoms with Crippen molar-refractivity contribution in [3.63, 3.8) is 0 Å². The fourth-order valence-corrected chi connectivity index (χ4v) is 4.53. The summed E-state index contributed by atoms with van der Waals surface area (Å²) in [4.78, 5) is 1.46. The van der Waals surface area contributed by atoms with Crippen LogP contribution in [0.3, 0.4) is 0 Å². The fourth-order valence-electron chi connectivity index (χ4n) is 3.25. The molecule has 0 saturated heterocycles. The van der Waals surface area contributed by atoms with Crippen LogP contribution in [0.15, 0.2) is 29.2 Å². The average molecular weight is 248 g/mol. The lowest BCUT2D eigenvalue weighted by Crippen LogP contribution is -2.26. The predicted octanol–water partition coefficient (Wildman–Crippen LogP) is 3.82. The van der Waals surface area contributed by atoms with E-state index < -0.39 is 0 Å². The van der Waals surface area contributed by atoms with Crippen LogP contribution in [-0.4, -0.2) is 17.0 Å². The second-order valence-electron chi connectivity index (χ2n) is 5.39. The van der Waals surface area contributed by atoms with Crippen molar-refractivity contribution < 1.29 is 5.11 Å². The third kappa shape index (κ3) is 2.38. The number of rotatable bonds is 2. The molecule has 1 fully saturated rings. The molecular weight excluding hydrogens is 228 g/mol. The lowest BCUT2D eigenvalue weighted by atomic mass is 9.79. The fraction of sp³-hybridized carbons (Fsp3) is 0.600. The Kier molecular flexibility index (Phi) is 3.44. The predicted molar refractivity (Wildman–Crippen MR) is 72.5 cm³/mol. The average Bonchev–Trinajstić information content (AvgIpc) is 2.76. The van der Waals surface area contributed by atoms with Crippen LogP contribution >= 0.6 is 11.8 Å². The van der Waals surface area contributed by atoms with Gasteiger partial charge in [-0.3, -0.25) is 0 Å². The Morgan fingerprint density at radius 3 is 2.88 bits per heavy atom. The van der Waals surface area contributed by atoms with Crippen LogP contribution in [-0.2, 0) is 0 Å². The molecule has 3 unspecified atom stereocenters. The van der Waals surface area contributed by atoms with E-state index in [0.717, 1.165) is 6.42 Å². The molecular formula is C15H20OS. The Balaban J connectivity index is 1.70. The third-order valence-corrected chi connectivity index (χ3v) is 5.51. The Hall–Kier alpha value is -0.470. The summed E-state index contributed by atoms with van der Waals surface area (Å²) in [6.07, 6.45) is 5.92. The lowest BCUT2D eigenvalue weighted by molar-refractivity contribution is 0.0625. The van der Waals surface area contributed by atoms with Gasteiger partial charge in [-0.25, -0.2) is 0 Å². The van der Waals surface area contributed by atoms with E-state index in [4.69, 9.17) is 0 Å². The van der Waals surface area contributed by atoms with Gasteiger partial charge in [0.15, 0.2) is 0 Å². The number of hydrogen-bond acceptors (Lipinski definition) is 2. The van der Waals surface area contributed by atoms with Crippen molar-refractivity contribution in [2.75, 3.05) is 5.75 Å². The molecule has 0 radical (unpaired) electrons. The van der Waals surface area contributed by atoms with E-state index in [1.165, 1.54) is 41.9 Å². The van der Waals surface area contributed by atoms with E-state index in [1.807, 2.05) is 11.8 Å². The van der Waals surface area contributed by atoms with Crippen LogP contribution in [0.4, 0.5) is 0 Å². The molecule has 2 heteroatoms. The van der Waals surface area contributed by atoms with Gasteiger partial charge in [0.2, 0.25) is 0 Å². The molecule has 92 valence electrons. The van der Waals surface area contributed by atoms with Gasteiger partial charge in [-0.15, -0.1) is 11.8 Å². The minimum atomic E-state index is -0.0403. The first-order valence-electron chi connectivity index (χ1n) is 6.74. The summed E-state index contributed by atoms with van der Waals surface area (Å²) in [7, 11) is 0. The molecule has 1 heterocycles. The highest BCUT2D eigenvalue weighted by Crippen LogP contribution is 2.44. The monoisotopic (exact) mass is 248 g/mol. The van der Waals surface area contributed by atoms with Crippen LogP contribution in [0, 0.1) is 5.92 Å². The summed E-state index contributed by atoms with van der Waals surface area (Å²) >= 11 is 1.98. The van der Waals surface area contributed by atoms with Crippen molar-refractivity contribution >= 4 is 11.8 Å². The first kappa shape index (κ1) is 11.6. The van der Waals surface area contributed by atoms with E-state index in [9.17, 15) is 5.11 Å². The molecule has 3 atom stereocenters. The van der Waals surface area contributed by atoms with Gasteiger partial charge in [0.05, 0.1) is 6.10 Å². The smallest absolute Gasteiger partial charge is 0.0568 e. The first-order valence-corrected chi connectivity index (χ1v) is 7.73. The molecule has 0 aromatic heterocycles. The molecule has 1 aliphatic heterocycles. The Labute approximate surface area is 108 Å². The van der Waals surface area contributed by atoms with Crippen LogP contribution in [0.5, 0.6) is 0 Å². The number of fused-ring (bicyclic) bond motifs is 1. The third-order valence-electron chi connectivity index (χ3n) is 4.26. The van der Waals surface area contributed by atoms with E-state index in [-0.39, 0.29) is 6.10 Å². The van der Waals surface area contributed by atoms with Gasteiger partial charge >= 0.3 is 0 Å². The number of aliphatic hydroxyl groups excluding tert-OH is 1. The number of aliphatic hydroxyl groups is 1. The minimum absolute atomic E-state index is 0.0403. The Bertz CT molecular complexity index is 390. The Morgan fingerprint density at radius 1 is 1.18 bits per heavy atom. The maximum atomic E-state index is 10.1. The SMILES string of the molecule is OC1CCCCC1CC1CSc2ccccc21. The van der Waals surface area contributed by atoms with Crippen LogP contribution in [0.2, 0.25) is 0 Å². The van der Waals surface area contributed by atoms with E-state index in [0.29, 0.717) is 11.8 Å². The van der Waals surface area contributed by atoms with E-state index in [2.05, 4.69) is 24.3 Å². The van der Waals surface area contributed by atoms with Gasteiger partial charge < -0.3 is 5.11 Å². The number of hydrogen-bond donors (Lipinski definition) is 1. The molecule has 1 N–H and O–H groups in total. The molecule has 1 aliphatic carbocycles. The molecule has 0 amide bonds. The first-order chi connectivity index (χ1) is 8.34. The van der Waals surface area contributed by atoms with Gasteiger partial charge in [0, 0.05) is 10.6 Å². The standard InChI is InChI=1S/C15H20OS/c16-14-7-3-1-5-11(14)9-12-10-17-15-8-4-2-6-13(12)15/h2,4,6,8,11-12,14,16H,1,3,5,7,9-10H2. The highest BCUT2D eigenvalue weighted by Gasteiger charge is 2.30. The summed E-state index contributed by atoms with van der Waals surface area (Å²) in [6, 6.07) is 8.78. The second-order valence-corrected chi connectivity index (χ2v) is 6.46. The van der Waals surface area contributed by atoms with Crippen molar-refractivity contribution in [1.82, 2.24) is 0 Å². The van der Waals surface area contributed by atoms with Crippen LogP contribution in [0.1, 0.15) is 43.6 Å². The van der Waals surface area contributed by atoms with Gasteiger partial charge in [0.25, 0.3) is 0 Å². The van der Waals surface area contributed by atoms with E-state index >= 15 is 0 Å². The molecule has 1 saturated carbocycles. The maximum absolute atomic E-state index is 10.1. The molecule has 2 aliphatic rings. The quantitative estimate of drug-likeness (QED) is 0.858. The summed E-state index contributed by atoms with van der Waals surface area (Å²) < 4.78 is 0. The van der Waals surface area contributed by atoms with Crippen molar-refractivity contribution in [1.29, 1.82) is 0 Å². The summed E-state index contributed by atoms with van der Waals surface area (Å²) in [5.74, 6) is 2.43. The highest BCUT2D eigenvalue weighted by atomic mass is 32.2. The van der Waals surface area contributed by atoms with Crippen molar-refractivity contribution in [2.24, 2.45) is 5.92 Å². The molecule has 1 aromatic carbocycles. The maximum Gasteiger partial charge on any atom is 0.0568 e. The second kappa shape index (κ2) is 5.03. The topological polar surface area (TPSA) is 20.2 Å². The van der Waals surface area contributed by atoms with E-state index in [1.54, 1.807) is 0 Å². The zero-order valence-corrected chi connectivity index (χ0v) is 11.0. The van der Waals surface area contributed by atoms with Crippen molar-refractivity contribution in [2.45, 2.75) is 49.0 Å². The molecule has 1 nitrogen and oxygen atoms in total. The van der Waals surface area contributed by atoms with Crippen molar-refractivity contribution in [3.8, 4) is 0 Å².